The predicted octanol–water partition coefficient (Wildman–Crippen LogP) is 1.78. The molecule has 1 heterocycles. The number of aliphatic hydroxyl groups excluding tert-OH is 1. The first kappa shape index (κ1) is 11.2. The van der Waals surface area contributed by atoms with E-state index in [0.717, 1.165) is 0 Å². The molecule has 0 bridgehead atoms. The Hall–Kier alpha value is -0.320. The van der Waals surface area contributed by atoms with Crippen LogP contribution < -0.4 is 0 Å². The van der Waals surface area contributed by atoms with Crippen molar-refractivity contribution in [2.24, 2.45) is 5.92 Å². The van der Waals surface area contributed by atoms with Crippen LogP contribution in [0.25, 0.3) is 0 Å². The highest BCUT2D eigenvalue weighted by Crippen LogP contribution is 2.59. The third-order valence-corrected chi connectivity index (χ3v) is 3.71. The lowest BCUT2D eigenvalue weighted by molar-refractivity contribution is 0.0894. The summed E-state index contributed by atoms with van der Waals surface area (Å²) in [5.74, 6) is 0.0532. The summed E-state index contributed by atoms with van der Waals surface area (Å²) in [5, 5.41) is 14.0. The van der Waals surface area contributed by atoms with Crippen molar-refractivity contribution in [2.45, 2.75) is 36.2 Å². The quantitative estimate of drug-likeness (QED) is 0.829. The fourth-order valence-electron chi connectivity index (χ4n) is 1.85. The molecule has 0 aliphatic heterocycles. The number of nitrogens with zero attached hydrogens (tertiary/aromatic N) is 3. The number of hydrogen-bond donors (Lipinski definition) is 1. The second kappa shape index (κ2) is 3.92. The molecule has 0 saturated heterocycles. The third kappa shape index (κ3) is 2.12. The van der Waals surface area contributed by atoms with E-state index in [9.17, 15) is 5.11 Å². The maximum Gasteiger partial charge on any atom is 0.137 e. The van der Waals surface area contributed by atoms with Crippen molar-refractivity contribution in [1.29, 1.82) is 0 Å². The number of alkyl halides is 2. The molecule has 0 amide bonds. The number of rotatable bonds is 4. The summed E-state index contributed by atoms with van der Waals surface area (Å²) in [6, 6.07) is -0.174. The molecule has 15 heavy (non-hydrogen) atoms. The van der Waals surface area contributed by atoms with Crippen LogP contribution in [-0.2, 0) is 0 Å². The highest BCUT2D eigenvalue weighted by atomic mass is 35.5. The number of aromatic nitrogens is 3. The predicted molar refractivity (Wildman–Crippen MR) is 57.9 cm³/mol. The van der Waals surface area contributed by atoms with Crippen LogP contribution in [0.15, 0.2) is 12.7 Å². The Kier molecular flexibility index (Phi) is 2.92. The van der Waals surface area contributed by atoms with E-state index in [1.165, 1.54) is 6.33 Å². The minimum absolute atomic E-state index is 0.0532. The summed E-state index contributed by atoms with van der Waals surface area (Å²) in [4.78, 5) is 3.87. The molecular formula is C9H13Cl2N3O. The normalized spacial score (nSPS) is 27.3. The summed E-state index contributed by atoms with van der Waals surface area (Å²) in [5.41, 5.74) is 0. The van der Waals surface area contributed by atoms with Crippen LogP contribution >= 0.6 is 23.2 Å². The van der Waals surface area contributed by atoms with Crippen molar-refractivity contribution in [1.82, 2.24) is 14.8 Å². The molecule has 6 heteroatoms. The van der Waals surface area contributed by atoms with Gasteiger partial charge in [-0.3, -0.25) is 0 Å². The van der Waals surface area contributed by atoms with E-state index in [1.807, 2.05) is 6.92 Å². The van der Waals surface area contributed by atoms with Gasteiger partial charge >= 0.3 is 0 Å². The van der Waals surface area contributed by atoms with E-state index in [1.54, 1.807) is 11.0 Å². The Morgan fingerprint density at radius 2 is 2.33 bits per heavy atom. The van der Waals surface area contributed by atoms with Gasteiger partial charge in [0.05, 0.1) is 12.1 Å². The molecule has 1 aromatic rings. The SMILES string of the molecule is CCC(O)C([C@@H]1CC1(Cl)Cl)n1cncn1. The van der Waals surface area contributed by atoms with Gasteiger partial charge in [-0.2, -0.15) is 5.10 Å². The van der Waals surface area contributed by atoms with Crippen molar-refractivity contribution in [2.75, 3.05) is 0 Å². The first-order chi connectivity index (χ1) is 7.06. The zero-order valence-corrected chi connectivity index (χ0v) is 9.86. The number of aliphatic hydroxyl groups is 1. The van der Waals surface area contributed by atoms with Crippen molar-refractivity contribution in [3.05, 3.63) is 12.7 Å². The minimum atomic E-state index is -0.716. The molecular weight excluding hydrogens is 237 g/mol. The van der Waals surface area contributed by atoms with Crippen LogP contribution in [-0.4, -0.2) is 30.3 Å². The Labute approximate surface area is 98.2 Å². The fraction of sp³-hybridized carbons (Fsp3) is 0.778. The van der Waals surface area contributed by atoms with E-state index in [4.69, 9.17) is 23.2 Å². The molecule has 1 fully saturated rings. The van der Waals surface area contributed by atoms with Gasteiger partial charge in [-0.15, -0.1) is 23.2 Å². The molecule has 4 nitrogen and oxygen atoms in total. The number of hydrogen-bond acceptors (Lipinski definition) is 3. The average Bonchev–Trinajstić information content (AvgIpc) is 2.67. The van der Waals surface area contributed by atoms with Crippen LogP contribution in [0.5, 0.6) is 0 Å². The van der Waals surface area contributed by atoms with Gasteiger partial charge in [-0.25, -0.2) is 9.67 Å². The molecule has 84 valence electrons. The highest BCUT2D eigenvalue weighted by molar-refractivity contribution is 6.50. The Balaban J connectivity index is 2.19. The summed E-state index contributed by atoms with van der Waals surface area (Å²) in [7, 11) is 0. The maximum atomic E-state index is 9.93. The average molecular weight is 250 g/mol. The summed E-state index contributed by atoms with van der Waals surface area (Å²) < 4.78 is 0.929. The van der Waals surface area contributed by atoms with Crippen molar-refractivity contribution >= 4 is 23.2 Å². The largest absolute Gasteiger partial charge is 0.391 e. The van der Waals surface area contributed by atoms with Gasteiger partial charge in [0.2, 0.25) is 0 Å². The molecule has 1 N–H and O–H groups in total. The van der Waals surface area contributed by atoms with Crippen molar-refractivity contribution in [3.63, 3.8) is 0 Å². The van der Waals surface area contributed by atoms with Crippen LogP contribution in [0.1, 0.15) is 25.8 Å². The summed E-state index contributed by atoms with van der Waals surface area (Å²) in [6.45, 7) is 1.92. The molecule has 1 aliphatic rings. The molecule has 0 aromatic carbocycles. The summed E-state index contributed by atoms with van der Waals surface area (Å²) >= 11 is 12.0. The van der Waals surface area contributed by atoms with Gasteiger partial charge in [0.25, 0.3) is 0 Å². The zero-order chi connectivity index (χ0) is 11.1. The lowest BCUT2D eigenvalue weighted by Crippen LogP contribution is -2.27. The lowest BCUT2D eigenvalue weighted by atomic mass is 10.0. The molecule has 3 atom stereocenters. The van der Waals surface area contributed by atoms with Crippen LogP contribution in [0.3, 0.4) is 0 Å². The zero-order valence-electron chi connectivity index (χ0n) is 8.35. The van der Waals surface area contributed by atoms with Gasteiger partial charge < -0.3 is 5.11 Å². The Morgan fingerprint density at radius 3 is 2.73 bits per heavy atom. The molecule has 0 spiro atoms. The van der Waals surface area contributed by atoms with Gasteiger partial charge in [0, 0.05) is 5.92 Å². The Bertz CT molecular complexity index is 328. The second-order valence-electron chi connectivity index (χ2n) is 3.91. The third-order valence-electron chi connectivity index (χ3n) is 2.84. The lowest BCUT2D eigenvalue weighted by Gasteiger charge is -2.22. The molecule has 0 radical (unpaired) electrons. The van der Waals surface area contributed by atoms with Crippen molar-refractivity contribution in [3.8, 4) is 0 Å². The summed E-state index contributed by atoms with van der Waals surface area (Å²) in [6.07, 6.45) is 3.88. The van der Waals surface area contributed by atoms with E-state index in [0.29, 0.717) is 12.8 Å². The van der Waals surface area contributed by atoms with Gasteiger partial charge in [-0.1, -0.05) is 6.92 Å². The van der Waals surface area contributed by atoms with Crippen LogP contribution in [0.2, 0.25) is 0 Å². The van der Waals surface area contributed by atoms with E-state index in [-0.39, 0.29) is 12.0 Å². The molecule has 2 rings (SSSR count). The second-order valence-corrected chi connectivity index (χ2v) is 5.46. The highest BCUT2D eigenvalue weighted by Gasteiger charge is 2.57. The smallest absolute Gasteiger partial charge is 0.137 e. The number of halogens is 2. The van der Waals surface area contributed by atoms with Gasteiger partial charge in [0.1, 0.15) is 17.0 Å². The van der Waals surface area contributed by atoms with E-state index >= 15 is 0 Å². The molecule has 1 saturated carbocycles. The van der Waals surface area contributed by atoms with Crippen molar-refractivity contribution < 1.29 is 5.11 Å². The maximum absolute atomic E-state index is 9.93. The fourth-order valence-corrected chi connectivity index (χ4v) is 2.44. The minimum Gasteiger partial charge on any atom is -0.391 e. The molecule has 2 unspecified atom stereocenters. The van der Waals surface area contributed by atoms with E-state index in [2.05, 4.69) is 10.1 Å². The van der Waals surface area contributed by atoms with E-state index < -0.39 is 10.4 Å². The van der Waals surface area contributed by atoms with Gasteiger partial charge in [0.15, 0.2) is 0 Å². The van der Waals surface area contributed by atoms with Crippen LogP contribution in [0, 0.1) is 5.92 Å². The molecule has 1 aliphatic carbocycles. The monoisotopic (exact) mass is 249 g/mol. The van der Waals surface area contributed by atoms with Crippen LogP contribution in [0.4, 0.5) is 0 Å². The Morgan fingerprint density at radius 1 is 1.67 bits per heavy atom. The first-order valence-electron chi connectivity index (χ1n) is 4.96. The topological polar surface area (TPSA) is 50.9 Å². The van der Waals surface area contributed by atoms with Gasteiger partial charge in [-0.05, 0) is 12.8 Å². The molecule has 1 aromatic heterocycles. The first-order valence-corrected chi connectivity index (χ1v) is 5.72. The standard InChI is InChI=1S/C9H13Cl2N3O/c1-2-7(15)8(6-3-9(6,10)11)14-5-12-4-13-14/h4-8,15H,2-3H2,1H3/t6-,7?,8?/m0/s1.